The molecule has 3 aromatic heterocycles. The Balaban J connectivity index is 1.74. The van der Waals surface area contributed by atoms with E-state index in [9.17, 15) is 17.1 Å². The Labute approximate surface area is 238 Å². The Bertz CT molecular complexity index is 2050. The van der Waals surface area contributed by atoms with Crippen molar-refractivity contribution in [1.82, 2.24) is 19.4 Å². The van der Waals surface area contributed by atoms with E-state index in [2.05, 4.69) is 46.3 Å². The molecular formula is C32H31FN4O3S. The van der Waals surface area contributed by atoms with E-state index >= 15 is 0 Å². The number of nitrogens with zero attached hydrogens (tertiary/aromatic N) is 3. The number of H-pyrrole nitrogens is 1. The van der Waals surface area contributed by atoms with Crippen LogP contribution in [0.5, 0.6) is 0 Å². The number of benzene rings is 2. The topological polar surface area (TPSA) is 88.1 Å². The zero-order valence-electron chi connectivity index (χ0n) is 23.2. The highest BCUT2D eigenvalue weighted by molar-refractivity contribution is 7.86. The molecule has 7 nitrogen and oxygen atoms in total. The highest BCUT2D eigenvalue weighted by Crippen LogP contribution is 2.37. The summed E-state index contributed by atoms with van der Waals surface area (Å²) < 4.78 is 39.7. The van der Waals surface area contributed by atoms with E-state index in [0.29, 0.717) is 22.8 Å². The first kappa shape index (κ1) is 27.2. The number of likely N-dealkylation sites (tertiary alicyclic amines) is 1. The second-order valence-electron chi connectivity index (χ2n) is 11.5. The predicted octanol–water partition coefficient (Wildman–Crippen LogP) is 5.80. The number of aromatic amines is 1. The Hall–Kier alpha value is -4.00. The van der Waals surface area contributed by atoms with Crippen LogP contribution in [0.3, 0.4) is 0 Å². The molecule has 0 unspecified atom stereocenters. The minimum absolute atomic E-state index is 0.0753. The van der Waals surface area contributed by atoms with Crippen molar-refractivity contribution >= 4 is 43.1 Å². The second-order valence-corrected chi connectivity index (χ2v) is 12.8. The number of halogens is 1. The van der Waals surface area contributed by atoms with Gasteiger partial charge in [0, 0.05) is 45.9 Å². The molecular weight excluding hydrogens is 539 g/mol. The molecule has 2 aromatic carbocycles. The predicted molar refractivity (Wildman–Crippen MR) is 161 cm³/mol. The van der Waals surface area contributed by atoms with Crippen LogP contribution in [0.25, 0.3) is 44.0 Å². The van der Waals surface area contributed by atoms with Gasteiger partial charge in [-0.15, -0.1) is 10.3 Å². The molecule has 0 aliphatic carbocycles. The number of hydrogen-bond donors (Lipinski definition) is 1. The van der Waals surface area contributed by atoms with E-state index in [-0.39, 0.29) is 17.4 Å². The molecule has 9 heteroatoms. The second kappa shape index (κ2) is 10.1. The molecule has 0 saturated carbocycles. The van der Waals surface area contributed by atoms with Gasteiger partial charge in [0.05, 0.1) is 10.9 Å². The van der Waals surface area contributed by atoms with Crippen molar-refractivity contribution in [1.29, 1.82) is 0 Å². The molecule has 41 heavy (non-hydrogen) atoms. The van der Waals surface area contributed by atoms with Crippen molar-refractivity contribution < 1.29 is 12.3 Å². The quantitative estimate of drug-likeness (QED) is 0.213. The number of fused-ring (bicyclic) bond motifs is 4. The number of piperidine rings is 1. The van der Waals surface area contributed by atoms with Crippen molar-refractivity contribution in [2.24, 2.45) is 5.92 Å². The van der Waals surface area contributed by atoms with Gasteiger partial charge in [-0.3, -0.25) is 9.78 Å². The van der Waals surface area contributed by atoms with Crippen molar-refractivity contribution in [3.05, 3.63) is 70.1 Å². The summed E-state index contributed by atoms with van der Waals surface area (Å²) in [5, 5.41) is 2.05. The highest BCUT2D eigenvalue weighted by atomic mass is 32.3. The molecule has 0 spiro atoms. The number of pyridine rings is 2. The third-order valence-corrected chi connectivity index (χ3v) is 8.91. The van der Waals surface area contributed by atoms with Crippen molar-refractivity contribution in [3.63, 3.8) is 0 Å². The lowest BCUT2D eigenvalue weighted by Crippen LogP contribution is -2.32. The van der Waals surface area contributed by atoms with Gasteiger partial charge in [0.1, 0.15) is 10.5 Å². The molecule has 1 fully saturated rings. The molecule has 0 radical (unpaired) electrons. The fourth-order valence-corrected chi connectivity index (χ4v) is 6.62. The van der Waals surface area contributed by atoms with E-state index in [1.54, 1.807) is 6.20 Å². The van der Waals surface area contributed by atoms with E-state index in [0.717, 1.165) is 70.9 Å². The normalized spacial score (nSPS) is 15.3. The first-order valence-corrected chi connectivity index (χ1v) is 15.1. The number of aromatic nitrogens is 3. The lowest BCUT2D eigenvalue weighted by atomic mass is 9.91. The van der Waals surface area contributed by atoms with Gasteiger partial charge in [0.25, 0.3) is 0 Å². The van der Waals surface area contributed by atoms with Crippen LogP contribution in [0.1, 0.15) is 43.9 Å². The smallest absolute Gasteiger partial charge is 0.333 e. The molecule has 5 aromatic rings. The standard InChI is InChI=1S/C32H31FN4O3S/c1-5-20-6-7-25-28(13-20)35-32-30(25)31(38)27-15-21(12-19(2)3)26(22-14-24(18-34-17-22)41(33,39)40)16-29(27)37(32)23-8-10-36(4)11-9-23/h1,6-7,13-19,23,35H,8-12H2,2-4H3. The molecule has 0 bridgehead atoms. The first-order chi connectivity index (χ1) is 19.5. The van der Waals surface area contributed by atoms with Crippen molar-refractivity contribution in [2.75, 3.05) is 20.1 Å². The summed E-state index contributed by atoms with van der Waals surface area (Å²) in [6.45, 7) is 5.99. The Morgan fingerprint density at radius 1 is 1.12 bits per heavy atom. The maximum atomic E-state index is 14.3. The molecule has 1 aliphatic rings. The average molecular weight is 571 g/mol. The third-order valence-electron chi connectivity index (χ3n) is 8.13. The van der Waals surface area contributed by atoms with Gasteiger partial charge < -0.3 is 14.5 Å². The molecule has 210 valence electrons. The maximum Gasteiger partial charge on any atom is 0.333 e. The first-order valence-electron chi connectivity index (χ1n) is 13.8. The van der Waals surface area contributed by atoms with E-state index in [4.69, 9.17) is 6.42 Å². The zero-order chi connectivity index (χ0) is 29.1. The Morgan fingerprint density at radius 2 is 1.88 bits per heavy atom. The minimum atomic E-state index is -4.94. The van der Waals surface area contributed by atoms with Gasteiger partial charge >= 0.3 is 10.2 Å². The Morgan fingerprint density at radius 3 is 2.56 bits per heavy atom. The van der Waals surface area contributed by atoms with E-state index in [1.807, 2.05) is 30.3 Å². The van der Waals surface area contributed by atoms with Gasteiger partial charge in [-0.25, -0.2) is 0 Å². The summed E-state index contributed by atoms with van der Waals surface area (Å²) in [6, 6.07) is 11.0. The summed E-state index contributed by atoms with van der Waals surface area (Å²) in [7, 11) is -2.83. The summed E-state index contributed by atoms with van der Waals surface area (Å²) in [5.74, 6) is 2.93. The summed E-state index contributed by atoms with van der Waals surface area (Å²) >= 11 is 0. The van der Waals surface area contributed by atoms with E-state index in [1.165, 1.54) is 6.07 Å². The zero-order valence-corrected chi connectivity index (χ0v) is 24.1. The van der Waals surface area contributed by atoms with Crippen molar-refractivity contribution in [3.8, 4) is 23.5 Å². The van der Waals surface area contributed by atoms with Crippen LogP contribution in [0.4, 0.5) is 3.89 Å². The number of nitrogens with one attached hydrogen (secondary N) is 1. The number of hydrogen-bond acceptors (Lipinski definition) is 5. The van der Waals surface area contributed by atoms with Gasteiger partial charge in [-0.2, -0.15) is 8.42 Å². The van der Waals surface area contributed by atoms with Gasteiger partial charge in [0.2, 0.25) is 0 Å². The van der Waals surface area contributed by atoms with Crippen LogP contribution in [0, 0.1) is 18.3 Å². The van der Waals surface area contributed by atoms with Crippen molar-refractivity contribution in [2.45, 2.75) is 44.0 Å². The number of rotatable bonds is 5. The molecule has 6 rings (SSSR count). The maximum absolute atomic E-state index is 14.3. The monoisotopic (exact) mass is 570 g/mol. The summed E-state index contributed by atoms with van der Waals surface area (Å²) in [5.41, 5.74) is 5.03. The lowest BCUT2D eigenvalue weighted by Gasteiger charge is -2.32. The molecule has 1 N–H and O–H groups in total. The van der Waals surface area contributed by atoms with Crippen LogP contribution < -0.4 is 5.43 Å². The van der Waals surface area contributed by atoms with Crippen LogP contribution in [-0.4, -0.2) is 48.0 Å². The van der Waals surface area contributed by atoms with Gasteiger partial charge in [-0.05, 0) is 86.8 Å². The molecule has 1 saturated heterocycles. The minimum Gasteiger partial charge on any atom is -0.340 e. The fourth-order valence-electron chi connectivity index (χ4n) is 6.16. The summed E-state index contributed by atoms with van der Waals surface area (Å²) in [4.78, 5) is 23.6. The average Bonchev–Trinajstić information content (AvgIpc) is 3.32. The highest BCUT2D eigenvalue weighted by Gasteiger charge is 2.26. The van der Waals surface area contributed by atoms with Crippen LogP contribution in [0.2, 0.25) is 0 Å². The Kier molecular flexibility index (Phi) is 6.71. The molecule has 0 amide bonds. The SMILES string of the molecule is C#Cc1ccc2c(c1)[nH]c1c2c(=O)c2cc(CC(C)C)c(-c3cncc(S(=O)(=O)F)c3)cc2n1C1CCN(C)CC1. The fraction of sp³-hybridized carbons (Fsp3) is 0.312. The van der Waals surface area contributed by atoms with Crippen LogP contribution in [-0.2, 0) is 16.6 Å². The number of terminal acetylenes is 1. The molecule has 1 aliphatic heterocycles. The molecule has 4 heterocycles. The van der Waals surface area contributed by atoms with Crippen LogP contribution in [0.15, 0.2) is 58.5 Å². The molecule has 0 atom stereocenters. The summed E-state index contributed by atoms with van der Waals surface area (Å²) in [6.07, 6.45) is 10.7. The van der Waals surface area contributed by atoms with Gasteiger partial charge in [-0.1, -0.05) is 25.8 Å². The third kappa shape index (κ3) is 4.81. The lowest BCUT2D eigenvalue weighted by molar-refractivity contribution is 0.226. The van der Waals surface area contributed by atoms with E-state index < -0.39 is 15.1 Å². The van der Waals surface area contributed by atoms with Crippen LogP contribution >= 0.6 is 0 Å². The van der Waals surface area contributed by atoms with Gasteiger partial charge in [0.15, 0.2) is 5.43 Å². The largest absolute Gasteiger partial charge is 0.340 e.